The smallest absolute Gasteiger partial charge is 0.173 e. The molecule has 0 atom stereocenters. The van der Waals surface area contributed by atoms with Crippen molar-refractivity contribution >= 4 is 23.0 Å². The van der Waals surface area contributed by atoms with Crippen LogP contribution in [0, 0.1) is 6.92 Å². The summed E-state index contributed by atoms with van der Waals surface area (Å²) in [6.07, 6.45) is 1.97. The van der Waals surface area contributed by atoms with Crippen LogP contribution in [0.2, 0.25) is 0 Å². The predicted molar refractivity (Wildman–Crippen MR) is 109 cm³/mol. The van der Waals surface area contributed by atoms with Crippen LogP contribution >= 0.6 is 12.2 Å². The van der Waals surface area contributed by atoms with Gasteiger partial charge in [-0.05, 0) is 38.2 Å². The first-order chi connectivity index (χ1) is 12.6. The van der Waals surface area contributed by atoms with Gasteiger partial charge in [0.1, 0.15) is 5.75 Å². The van der Waals surface area contributed by atoms with Crippen molar-refractivity contribution in [1.82, 2.24) is 19.6 Å². The number of benzene rings is 1. The normalized spacial score (nSPS) is 15.1. The number of hydrogen-bond donors (Lipinski definition) is 1. The molecule has 1 aromatic heterocycles. The zero-order valence-electron chi connectivity index (χ0n) is 15.7. The molecule has 0 aliphatic carbocycles. The summed E-state index contributed by atoms with van der Waals surface area (Å²) in [7, 11) is 1.99. The monoisotopic (exact) mass is 373 g/mol. The number of para-hydroxylation sites is 2. The van der Waals surface area contributed by atoms with E-state index in [2.05, 4.69) is 27.1 Å². The molecule has 0 saturated carbocycles. The van der Waals surface area contributed by atoms with E-state index in [1.54, 1.807) is 0 Å². The average Bonchev–Trinajstić information content (AvgIpc) is 2.96. The molecule has 1 aliphatic rings. The van der Waals surface area contributed by atoms with E-state index in [1.165, 1.54) is 11.3 Å². The summed E-state index contributed by atoms with van der Waals surface area (Å²) in [6, 6.07) is 7.92. The Morgan fingerprint density at radius 1 is 1.23 bits per heavy atom. The zero-order chi connectivity index (χ0) is 18.5. The van der Waals surface area contributed by atoms with Crippen LogP contribution in [0.5, 0.6) is 5.75 Å². The van der Waals surface area contributed by atoms with Crippen LogP contribution in [-0.2, 0) is 13.6 Å². The Kier molecular flexibility index (Phi) is 6.11. The molecule has 1 aromatic carbocycles. The quantitative estimate of drug-likeness (QED) is 0.813. The van der Waals surface area contributed by atoms with Crippen molar-refractivity contribution in [3.63, 3.8) is 0 Å². The topological polar surface area (TPSA) is 45.6 Å². The van der Waals surface area contributed by atoms with Crippen LogP contribution in [0.25, 0.3) is 0 Å². The highest BCUT2D eigenvalue weighted by atomic mass is 32.1. The number of piperazine rings is 1. The molecule has 0 radical (unpaired) electrons. The molecule has 3 rings (SSSR count). The fourth-order valence-electron chi connectivity index (χ4n) is 3.09. The van der Waals surface area contributed by atoms with Crippen molar-refractivity contribution in [3.05, 3.63) is 41.7 Å². The zero-order valence-corrected chi connectivity index (χ0v) is 16.6. The predicted octanol–water partition coefficient (Wildman–Crippen LogP) is 2.64. The van der Waals surface area contributed by atoms with Crippen molar-refractivity contribution in [3.8, 4) is 5.75 Å². The van der Waals surface area contributed by atoms with Gasteiger partial charge in [0.05, 0.1) is 18.5 Å². The van der Waals surface area contributed by atoms with E-state index >= 15 is 0 Å². The molecule has 0 bridgehead atoms. The summed E-state index contributed by atoms with van der Waals surface area (Å²) in [5, 5.41) is 8.43. The third-order valence-corrected chi connectivity index (χ3v) is 5.18. The highest BCUT2D eigenvalue weighted by molar-refractivity contribution is 7.80. The summed E-state index contributed by atoms with van der Waals surface area (Å²) < 4.78 is 7.60. The molecular weight excluding hydrogens is 346 g/mol. The van der Waals surface area contributed by atoms with Crippen molar-refractivity contribution in [2.75, 3.05) is 38.1 Å². The molecule has 7 heteroatoms. The number of nitrogens with one attached hydrogen (secondary N) is 1. The van der Waals surface area contributed by atoms with Gasteiger partial charge < -0.3 is 15.0 Å². The molecule has 0 unspecified atom stereocenters. The van der Waals surface area contributed by atoms with Gasteiger partial charge in [0.25, 0.3) is 0 Å². The second kappa shape index (κ2) is 8.51. The molecule has 6 nitrogen and oxygen atoms in total. The molecule has 1 N–H and O–H groups in total. The first-order valence-corrected chi connectivity index (χ1v) is 9.47. The average molecular weight is 374 g/mol. The maximum Gasteiger partial charge on any atom is 0.173 e. The minimum Gasteiger partial charge on any atom is -0.492 e. The summed E-state index contributed by atoms with van der Waals surface area (Å²) in [5.41, 5.74) is 3.46. The SMILES string of the molecule is CCOc1ccccc1NC(=S)N1CCN(Cc2cnn(C)c2C)CC1. The van der Waals surface area contributed by atoms with E-state index < -0.39 is 0 Å². The minimum absolute atomic E-state index is 0.637. The molecule has 0 spiro atoms. The maximum absolute atomic E-state index is 5.67. The lowest BCUT2D eigenvalue weighted by Crippen LogP contribution is -2.49. The van der Waals surface area contributed by atoms with Gasteiger partial charge >= 0.3 is 0 Å². The second-order valence-corrected chi connectivity index (χ2v) is 6.89. The fourth-order valence-corrected chi connectivity index (χ4v) is 3.39. The van der Waals surface area contributed by atoms with Crippen molar-refractivity contribution < 1.29 is 4.74 Å². The standard InChI is InChI=1S/C19H27N5OS/c1-4-25-18-8-6-5-7-17(18)21-19(26)24-11-9-23(10-12-24)14-16-13-20-22(3)15(16)2/h5-8,13H,4,9-12,14H2,1-3H3,(H,21,26). The maximum atomic E-state index is 5.67. The Morgan fingerprint density at radius 3 is 2.62 bits per heavy atom. The van der Waals surface area contributed by atoms with Crippen LogP contribution in [0.1, 0.15) is 18.2 Å². The Hall–Kier alpha value is -2.12. The number of ether oxygens (including phenoxy) is 1. The first kappa shape index (κ1) is 18.7. The van der Waals surface area contributed by atoms with E-state index in [1.807, 2.05) is 49.1 Å². The Balaban J connectivity index is 1.53. The largest absolute Gasteiger partial charge is 0.492 e. The Labute approximate surface area is 160 Å². The summed E-state index contributed by atoms with van der Waals surface area (Å²) >= 11 is 5.62. The second-order valence-electron chi connectivity index (χ2n) is 6.50. The number of nitrogens with zero attached hydrogens (tertiary/aromatic N) is 4. The first-order valence-electron chi connectivity index (χ1n) is 9.06. The highest BCUT2D eigenvalue weighted by Gasteiger charge is 2.20. The van der Waals surface area contributed by atoms with Crippen LogP contribution in [0.15, 0.2) is 30.5 Å². The van der Waals surface area contributed by atoms with E-state index in [-0.39, 0.29) is 0 Å². The molecule has 26 heavy (non-hydrogen) atoms. The number of anilines is 1. The molecule has 1 fully saturated rings. The molecule has 0 amide bonds. The van der Waals surface area contributed by atoms with Gasteiger partial charge in [-0.1, -0.05) is 12.1 Å². The van der Waals surface area contributed by atoms with Crippen LogP contribution in [0.4, 0.5) is 5.69 Å². The lowest BCUT2D eigenvalue weighted by atomic mass is 10.2. The summed E-state index contributed by atoms with van der Waals surface area (Å²) in [6.45, 7) is 9.50. The van der Waals surface area contributed by atoms with Gasteiger partial charge in [-0.2, -0.15) is 5.10 Å². The van der Waals surface area contributed by atoms with Gasteiger partial charge in [-0.3, -0.25) is 9.58 Å². The van der Waals surface area contributed by atoms with E-state index in [0.717, 1.165) is 49.3 Å². The van der Waals surface area contributed by atoms with E-state index in [9.17, 15) is 0 Å². The Bertz CT molecular complexity index is 752. The van der Waals surface area contributed by atoms with Gasteiger partial charge in [-0.25, -0.2) is 0 Å². The molecular formula is C19H27N5OS. The molecule has 2 aromatic rings. The summed E-state index contributed by atoms with van der Waals surface area (Å²) in [5.74, 6) is 0.836. The molecule has 1 aliphatic heterocycles. The van der Waals surface area contributed by atoms with Gasteiger partial charge in [0.15, 0.2) is 5.11 Å². The van der Waals surface area contributed by atoms with E-state index in [4.69, 9.17) is 17.0 Å². The van der Waals surface area contributed by atoms with Crippen molar-refractivity contribution in [2.24, 2.45) is 7.05 Å². The van der Waals surface area contributed by atoms with Crippen LogP contribution < -0.4 is 10.1 Å². The molecule has 2 heterocycles. The van der Waals surface area contributed by atoms with E-state index in [0.29, 0.717) is 6.61 Å². The van der Waals surface area contributed by atoms with Crippen molar-refractivity contribution in [2.45, 2.75) is 20.4 Å². The van der Waals surface area contributed by atoms with Gasteiger partial charge in [0, 0.05) is 51.0 Å². The van der Waals surface area contributed by atoms with Gasteiger partial charge in [-0.15, -0.1) is 0 Å². The third-order valence-electron chi connectivity index (χ3n) is 4.82. The Morgan fingerprint density at radius 2 is 1.96 bits per heavy atom. The fraction of sp³-hybridized carbons (Fsp3) is 0.474. The minimum atomic E-state index is 0.637. The third kappa shape index (κ3) is 4.34. The van der Waals surface area contributed by atoms with Crippen LogP contribution in [-0.4, -0.2) is 57.5 Å². The lowest BCUT2D eigenvalue weighted by molar-refractivity contribution is 0.176. The number of aromatic nitrogens is 2. The lowest BCUT2D eigenvalue weighted by Gasteiger charge is -2.36. The number of thiocarbonyl (C=S) groups is 1. The number of aryl methyl sites for hydroxylation is 1. The molecule has 140 valence electrons. The number of rotatable bonds is 5. The van der Waals surface area contributed by atoms with Gasteiger partial charge in [0.2, 0.25) is 0 Å². The molecule has 1 saturated heterocycles. The van der Waals surface area contributed by atoms with Crippen molar-refractivity contribution in [1.29, 1.82) is 0 Å². The highest BCUT2D eigenvalue weighted by Crippen LogP contribution is 2.24. The van der Waals surface area contributed by atoms with Crippen LogP contribution in [0.3, 0.4) is 0 Å². The number of hydrogen-bond acceptors (Lipinski definition) is 4. The summed E-state index contributed by atoms with van der Waals surface area (Å²) in [4.78, 5) is 4.68.